The van der Waals surface area contributed by atoms with Crippen LogP contribution in [-0.2, 0) is 19.1 Å². The van der Waals surface area contributed by atoms with Crippen molar-refractivity contribution in [3.8, 4) is 29.8 Å². The lowest BCUT2D eigenvalue weighted by Gasteiger charge is -2.31. The number of carbonyl (C=O) groups is 2. The van der Waals surface area contributed by atoms with E-state index in [2.05, 4.69) is 55.1 Å². The van der Waals surface area contributed by atoms with E-state index in [0.717, 1.165) is 63.5 Å². The highest BCUT2D eigenvalue weighted by Crippen LogP contribution is 2.36. The summed E-state index contributed by atoms with van der Waals surface area (Å²) < 4.78 is 10.6. The summed E-state index contributed by atoms with van der Waals surface area (Å²) >= 11 is 0. The molecule has 0 aromatic heterocycles. The predicted molar refractivity (Wildman–Crippen MR) is 146 cm³/mol. The van der Waals surface area contributed by atoms with Gasteiger partial charge in [0.15, 0.2) is 0 Å². The van der Waals surface area contributed by atoms with Crippen molar-refractivity contribution in [3.05, 3.63) is 25.3 Å². The Hall–Kier alpha value is -3.05. The van der Waals surface area contributed by atoms with Crippen molar-refractivity contribution in [1.82, 2.24) is 10.2 Å². The van der Waals surface area contributed by atoms with E-state index in [4.69, 9.17) is 14.7 Å². The first kappa shape index (κ1) is 29.5. The number of carbonyl (C=O) groups excluding carboxylic acids is 2. The van der Waals surface area contributed by atoms with Gasteiger partial charge in [-0.15, -0.1) is 0 Å². The second kappa shape index (κ2) is 14.8. The third kappa shape index (κ3) is 8.22. The molecule has 0 bridgehead atoms. The Bertz CT molecular complexity index is 1020. The molecular formula is C31H41N3O4. The van der Waals surface area contributed by atoms with Crippen LogP contribution in [0.4, 0.5) is 0 Å². The molecule has 0 aromatic rings. The molecule has 204 valence electrons. The maximum Gasteiger partial charge on any atom is 0.330 e. The summed E-state index contributed by atoms with van der Waals surface area (Å²) in [4.78, 5) is 25.3. The lowest BCUT2D eigenvalue weighted by Crippen LogP contribution is -2.42. The van der Waals surface area contributed by atoms with E-state index in [1.54, 1.807) is 0 Å². The molecule has 0 aromatic carbocycles. The molecule has 3 aliphatic rings. The summed E-state index contributed by atoms with van der Waals surface area (Å²) in [6.45, 7) is 9.39. The summed E-state index contributed by atoms with van der Waals surface area (Å²) in [5, 5.41) is 12.5. The van der Waals surface area contributed by atoms with Crippen molar-refractivity contribution in [3.63, 3.8) is 0 Å². The van der Waals surface area contributed by atoms with E-state index < -0.39 is 11.9 Å². The fraction of sp³-hybridized carbons (Fsp3) is 0.645. The molecule has 38 heavy (non-hydrogen) atoms. The number of nitriles is 1. The molecule has 1 N–H and O–H groups in total. The van der Waals surface area contributed by atoms with E-state index in [1.165, 1.54) is 0 Å². The van der Waals surface area contributed by atoms with Gasteiger partial charge in [0.2, 0.25) is 0 Å². The van der Waals surface area contributed by atoms with E-state index >= 15 is 0 Å². The van der Waals surface area contributed by atoms with Gasteiger partial charge in [0.05, 0.1) is 18.2 Å². The van der Waals surface area contributed by atoms with Crippen LogP contribution in [0.25, 0.3) is 0 Å². The number of nitrogens with zero attached hydrogens (tertiary/aromatic N) is 2. The van der Waals surface area contributed by atoms with Gasteiger partial charge in [-0.3, -0.25) is 10.2 Å². The molecule has 0 amide bonds. The highest BCUT2D eigenvalue weighted by molar-refractivity contribution is 5.81. The van der Waals surface area contributed by atoms with Gasteiger partial charge in [0, 0.05) is 35.8 Å². The number of hydrogen-bond donors (Lipinski definition) is 1. The van der Waals surface area contributed by atoms with Crippen molar-refractivity contribution < 1.29 is 19.1 Å². The van der Waals surface area contributed by atoms with E-state index in [1.807, 2.05) is 11.9 Å². The lowest BCUT2D eigenvalue weighted by atomic mass is 9.73. The molecule has 3 fully saturated rings. The minimum Gasteiger partial charge on any atom is -0.461 e. The molecule has 3 rings (SSSR count). The second-order valence-corrected chi connectivity index (χ2v) is 10.6. The molecule has 2 saturated carbocycles. The van der Waals surface area contributed by atoms with Crippen LogP contribution in [0.15, 0.2) is 25.3 Å². The van der Waals surface area contributed by atoms with Gasteiger partial charge in [-0.1, -0.05) is 50.2 Å². The Morgan fingerprint density at radius 1 is 0.921 bits per heavy atom. The monoisotopic (exact) mass is 519 g/mol. The molecule has 1 heterocycles. The number of esters is 2. The van der Waals surface area contributed by atoms with Crippen LogP contribution in [0.5, 0.6) is 0 Å². The zero-order chi connectivity index (χ0) is 27.5. The van der Waals surface area contributed by atoms with Gasteiger partial charge in [-0.25, -0.2) is 9.59 Å². The third-order valence-corrected chi connectivity index (χ3v) is 8.22. The van der Waals surface area contributed by atoms with Crippen LogP contribution < -0.4 is 5.32 Å². The maximum absolute atomic E-state index is 11.6. The van der Waals surface area contributed by atoms with Crippen LogP contribution >= 0.6 is 0 Å². The molecule has 1 saturated heterocycles. The lowest BCUT2D eigenvalue weighted by molar-refractivity contribution is -0.141. The zero-order valence-corrected chi connectivity index (χ0v) is 22.8. The average molecular weight is 520 g/mol. The minimum absolute atomic E-state index is 0.128. The number of ether oxygens (including phenoxy) is 2. The quantitative estimate of drug-likeness (QED) is 0.311. The molecule has 6 unspecified atom stereocenters. The molecule has 7 nitrogen and oxygen atoms in total. The number of rotatable bonds is 7. The first-order valence-corrected chi connectivity index (χ1v) is 13.9. The van der Waals surface area contributed by atoms with E-state index in [0.29, 0.717) is 23.7 Å². The Balaban J connectivity index is 1.59. The van der Waals surface area contributed by atoms with Gasteiger partial charge in [0.25, 0.3) is 0 Å². The van der Waals surface area contributed by atoms with Crippen LogP contribution in [0.3, 0.4) is 0 Å². The first-order valence-electron chi connectivity index (χ1n) is 13.9. The van der Waals surface area contributed by atoms with Crippen molar-refractivity contribution in [2.75, 3.05) is 20.3 Å². The number of hydrogen-bond acceptors (Lipinski definition) is 7. The summed E-state index contributed by atoms with van der Waals surface area (Å²) in [6, 6.07) is 1.96. The maximum atomic E-state index is 11.6. The van der Waals surface area contributed by atoms with Crippen molar-refractivity contribution in [1.29, 1.82) is 5.26 Å². The summed E-state index contributed by atoms with van der Waals surface area (Å²) in [7, 11) is 1.93. The Labute approximate surface area is 228 Å². The van der Waals surface area contributed by atoms with Gasteiger partial charge in [-0.2, -0.15) is 5.26 Å². The first-order chi connectivity index (χ1) is 18.4. The Kier molecular flexibility index (Phi) is 11.5. The van der Waals surface area contributed by atoms with Crippen molar-refractivity contribution >= 4 is 11.9 Å². The molecular weight excluding hydrogens is 478 g/mol. The number of likely N-dealkylation sites (N-methyl/N-ethyl adjacent to an activating group) is 1. The van der Waals surface area contributed by atoms with Gasteiger partial charge < -0.3 is 9.47 Å². The zero-order valence-electron chi connectivity index (χ0n) is 22.8. The standard InChI is InChI=1S/C31H41N3O4/c1-5-25-18-23(11-8-22-9-12-24(19-32)13-10-22)14-15-26(25)16-17-29-33-27(20-37-30(35)6-2)28(34(29)4)21-38-31(36)7-3/h6-7,22-29,33H,2-3,5,9-10,12-15,18,20-21H2,1,4H3. The minimum atomic E-state index is -0.494. The third-order valence-electron chi connectivity index (χ3n) is 8.22. The van der Waals surface area contributed by atoms with E-state index in [9.17, 15) is 9.59 Å². The van der Waals surface area contributed by atoms with Crippen molar-refractivity contribution in [2.45, 2.75) is 76.5 Å². The van der Waals surface area contributed by atoms with Crippen LogP contribution in [0.1, 0.15) is 58.3 Å². The second-order valence-electron chi connectivity index (χ2n) is 10.6. The molecule has 0 spiro atoms. The Morgan fingerprint density at radius 2 is 1.53 bits per heavy atom. The average Bonchev–Trinajstić information content (AvgIpc) is 3.26. The number of nitrogens with one attached hydrogen (secondary N) is 1. The summed E-state index contributed by atoms with van der Waals surface area (Å²) in [5.74, 6) is 15.0. The molecule has 0 radical (unpaired) electrons. The fourth-order valence-corrected chi connectivity index (χ4v) is 5.73. The van der Waals surface area contributed by atoms with Crippen LogP contribution in [0.2, 0.25) is 0 Å². The largest absolute Gasteiger partial charge is 0.461 e. The van der Waals surface area contributed by atoms with Gasteiger partial charge in [-0.05, 0) is 57.9 Å². The molecule has 2 aliphatic carbocycles. The van der Waals surface area contributed by atoms with Crippen molar-refractivity contribution in [2.24, 2.45) is 29.6 Å². The molecule has 6 atom stereocenters. The summed E-state index contributed by atoms with van der Waals surface area (Å²) in [5.41, 5.74) is 0. The predicted octanol–water partition coefficient (Wildman–Crippen LogP) is 3.82. The Morgan fingerprint density at radius 3 is 2.16 bits per heavy atom. The van der Waals surface area contributed by atoms with Crippen LogP contribution in [-0.4, -0.2) is 55.3 Å². The molecule has 7 heteroatoms. The smallest absolute Gasteiger partial charge is 0.330 e. The highest BCUT2D eigenvalue weighted by atomic mass is 16.5. The SMILES string of the molecule is C=CC(=O)OCC1NC(C#CC2CCC(C#CC3CCC(C#N)CC3)CC2CC)N(C)C1COC(=O)C=C. The van der Waals surface area contributed by atoms with Gasteiger partial charge in [0.1, 0.15) is 19.4 Å². The normalized spacial score (nSPS) is 32.9. The van der Waals surface area contributed by atoms with Gasteiger partial charge >= 0.3 is 11.9 Å². The summed E-state index contributed by atoms with van der Waals surface area (Å²) in [6.07, 6.45) is 10.3. The van der Waals surface area contributed by atoms with Crippen LogP contribution in [0, 0.1) is 64.6 Å². The molecule has 1 aliphatic heterocycles. The highest BCUT2D eigenvalue weighted by Gasteiger charge is 2.39. The topological polar surface area (TPSA) is 91.7 Å². The fourth-order valence-electron chi connectivity index (χ4n) is 5.73. The van der Waals surface area contributed by atoms with E-state index in [-0.39, 0.29) is 37.4 Å².